The molecule has 0 aliphatic rings. The highest BCUT2D eigenvalue weighted by Crippen LogP contribution is 2.20. The first kappa shape index (κ1) is 16.1. The molecule has 1 aromatic carbocycles. The van der Waals surface area contributed by atoms with Crippen LogP contribution in [0.25, 0.3) is 0 Å². The van der Waals surface area contributed by atoms with E-state index in [9.17, 15) is 18.5 Å². The van der Waals surface area contributed by atoms with E-state index in [0.717, 1.165) is 12.1 Å². The molecule has 7 heteroatoms. The first-order chi connectivity index (χ1) is 9.30. The van der Waals surface area contributed by atoms with Gasteiger partial charge in [0.2, 0.25) is 10.0 Å². The topological polar surface area (TPSA) is 89.3 Å². The summed E-state index contributed by atoms with van der Waals surface area (Å²) in [7, 11) is -3.81. The molecule has 0 saturated carbocycles. The van der Waals surface area contributed by atoms with E-state index >= 15 is 0 Å². The fourth-order valence-corrected chi connectivity index (χ4v) is 3.17. The lowest BCUT2D eigenvalue weighted by atomic mass is 9.96. The van der Waals surface area contributed by atoms with Crippen LogP contribution in [0.2, 0.25) is 0 Å². The molecule has 20 heavy (non-hydrogen) atoms. The van der Waals surface area contributed by atoms with Crippen LogP contribution in [0.3, 0.4) is 0 Å². The standard InChI is InChI=1S/C13H16N2O4S/c1-4-13(5-2,6-3)14-20(18,19)12-9-7-11(8-10-12)15(16)17/h1,7-10,14H,5-6H2,2-3H3. The monoisotopic (exact) mass is 296 g/mol. The van der Waals surface area contributed by atoms with Gasteiger partial charge in [0.15, 0.2) is 0 Å². The molecule has 0 aromatic heterocycles. The van der Waals surface area contributed by atoms with Crippen LogP contribution in [-0.2, 0) is 10.0 Å². The maximum Gasteiger partial charge on any atom is 0.269 e. The van der Waals surface area contributed by atoms with Crippen molar-refractivity contribution in [3.8, 4) is 12.3 Å². The first-order valence-electron chi connectivity index (χ1n) is 6.06. The minimum Gasteiger partial charge on any atom is -0.258 e. The largest absolute Gasteiger partial charge is 0.269 e. The van der Waals surface area contributed by atoms with E-state index in [4.69, 9.17) is 6.42 Å². The van der Waals surface area contributed by atoms with Crippen LogP contribution >= 0.6 is 0 Å². The van der Waals surface area contributed by atoms with E-state index in [1.807, 2.05) is 0 Å². The Bertz CT molecular complexity index is 625. The molecule has 1 N–H and O–H groups in total. The van der Waals surface area contributed by atoms with Gasteiger partial charge in [0.1, 0.15) is 0 Å². The van der Waals surface area contributed by atoms with Crippen molar-refractivity contribution >= 4 is 15.7 Å². The molecule has 0 saturated heterocycles. The molecule has 0 radical (unpaired) electrons. The highest BCUT2D eigenvalue weighted by molar-refractivity contribution is 7.89. The Hall–Kier alpha value is -1.91. The van der Waals surface area contributed by atoms with Gasteiger partial charge in [-0.2, -0.15) is 4.72 Å². The van der Waals surface area contributed by atoms with Crippen molar-refractivity contribution in [3.05, 3.63) is 34.4 Å². The molecule has 6 nitrogen and oxygen atoms in total. The summed E-state index contributed by atoms with van der Waals surface area (Å²) >= 11 is 0. The molecule has 0 atom stereocenters. The molecular weight excluding hydrogens is 280 g/mol. The lowest BCUT2D eigenvalue weighted by Crippen LogP contribution is -2.46. The summed E-state index contributed by atoms with van der Waals surface area (Å²) in [5.41, 5.74) is -1.11. The van der Waals surface area contributed by atoms with Gasteiger partial charge in [-0.3, -0.25) is 10.1 Å². The van der Waals surface area contributed by atoms with Gasteiger partial charge in [-0.1, -0.05) is 19.8 Å². The number of terminal acetylenes is 1. The summed E-state index contributed by atoms with van der Waals surface area (Å²) in [5, 5.41) is 10.5. The number of hydrogen-bond acceptors (Lipinski definition) is 4. The van der Waals surface area contributed by atoms with Gasteiger partial charge in [0.05, 0.1) is 15.4 Å². The fourth-order valence-electron chi connectivity index (χ4n) is 1.69. The number of nitrogens with one attached hydrogen (secondary N) is 1. The van der Waals surface area contributed by atoms with Crippen molar-refractivity contribution in [2.45, 2.75) is 37.1 Å². The van der Waals surface area contributed by atoms with Gasteiger partial charge in [0.25, 0.3) is 5.69 Å². The maximum atomic E-state index is 12.2. The van der Waals surface area contributed by atoms with Gasteiger partial charge in [-0.25, -0.2) is 8.42 Å². The third-order valence-corrected chi connectivity index (χ3v) is 4.72. The number of nitro benzene ring substituents is 1. The van der Waals surface area contributed by atoms with E-state index in [1.165, 1.54) is 12.1 Å². The number of sulfonamides is 1. The molecule has 0 aliphatic heterocycles. The lowest BCUT2D eigenvalue weighted by Gasteiger charge is -2.26. The highest BCUT2D eigenvalue weighted by atomic mass is 32.2. The Morgan fingerprint density at radius 3 is 2.15 bits per heavy atom. The predicted molar refractivity (Wildman–Crippen MR) is 75.6 cm³/mol. The Morgan fingerprint density at radius 1 is 1.30 bits per heavy atom. The van der Waals surface area contributed by atoms with Crippen LogP contribution in [0.4, 0.5) is 5.69 Å². The SMILES string of the molecule is C#CC(CC)(CC)NS(=O)(=O)c1ccc([N+](=O)[O-])cc1. The fraction of sp³-hybridized carbons (Fsp3) is 0.385. The molecule has 0 amide bonds. The number of nitrogens with zero attached hydrogens (tertiary/aromatic N) is 1. The molecule has 108 valence electrons. The molecule has 0 heterocycles. The van der Waals surface area contributed by atoms with Crippen LogP contribution in [0.5, 0.6) is 0 Å². The maximum absolute atomic E-state index is 12.2. The van der Waals surface area contributed by atoms with E-state index < -0.39 is 20.5 Å². The van der Waals surface area contributed by atoms with Gasteiger partial charge in [-0.05, 0) is 25.0 Å². The Labute approximate surface area is 118 Å². The lowest BCUT2D eigenvalue weighted by molar-refractivity contribution is -0.384. The zero-order valence-corrected chi connectivity index (χ0v) is 12.1. The van der Waals surface area contributed by atoms with Crippen molar-refractivity contribution in [2.75, 3.05) is 0 Å². The highest BCUT2D eigenvalue weighted by Gasteiger charge is 2.30. The smallest absolute Gasteiger partial charge is 0.258 e. The summed E-state index contributed by atoms with van der Waals surface area (Å²) in [4.78, 5) is 9.90. The van der Waals surface area contributed by atoms with Crippen LogP contribution in [0, 0.1) is 22.5 Å². The molecule has 1 aromatic rings. The second-order valence-electron chi connectivity index (χ2n) is 4.29. The third kappa shape index (κ3) is 3.35. The van der Waals surface area contributed by atoms with E-state index in [1.54, 1.807) is 13.8 Å². The minimum absolute atomic E-state index is 0.0513. The third-order valence-electron chi connectivity index (χ3n) is 3.17. The Kier molecular flexibility index (Phi) is 4.87. The average Bonchev–Trinajstić information content (AvgIpc) is 2.45. The van der Waals surface area contributed by atoms with Crippen molar-refractivity contribution in [1.82, 2.24) is 4.72 Å². The van der Waals surface area contributed by atoms with E-state index in [0.29, 0.717) is 12.8 Å². The molecule has 0 bridgehead atoms. The second-order valence-corrected chi connectivity index (χ2v) is 5.97. The van der Waals surface area contributed by atoms with E-state index in [2.05, 4.69) is 10.6 Å². The molecule has 0 unspecified atom stereocenters. The minimum atomic E-state index is -3.81. The van der Waals surface area contributed by atoms with Crippen molar-refractivity contribution in [2.24, 2.45) is 0 Å². The number of hydrogen-bond donors (Lipinski definition) is 1. The normalized spacial score (nSPS) is 11.8. The summed E-state index contributed by atoms with van der Waals surface area (Å²) in [6.45, 7) is 3.59. The van der Waals surface area contributed by atoms with Crippen LogP contribution < -0.4 is 4.72 Å². The summed E-state index contributed by atoms with van der Waals surface area (Å²) in [5.74, 6) is 2.47. The van der Waals surface area contributed by atoms with E-state index in [-0.39, 0.29) is 10.6 Å². The average molecular weight is 296 g/mol. The summed E-state index contributed by atoms with van der Waals surface area (Å²) in [6, 6.07) is 4.66. The van der Waals surface area contributed by atoms with Crippen LogP contribution in [0.15, 0.2) is 29.2 Å². The molecule has 0 spiro atoms. The van der Waals surface area contributed by atoms with Crippen LogP contribution in [0.1, 0.15) is 26.7 Å². The number of non-ortho nitro benzene ring substituents is 1. The number of rotatable bonds is 6. The first-order valence-corrected chi connectivity index (χ1v) is 7.54. The number of benzene rings is 1. The zero-order valence-electron chi connectivity index (χ0n) is 11.3. The quantitative estimate of drug-likeness (QED) is 0.494. The second kappa shape index (κ2) is 6.03. The van der Waals surface area contributed by atoms with Crippen LogP contribution in [-0.4, -0.2) is 18.9 Å². The zero-order chi connectivity index (χ0) is 15.4. The predicted octanol–water partition coefficient (Wildman–Crippen LogP) is 2.07. The molecule has 0 aliphatic carbocycles. The summed E-state index contributed by atoms with van der Waals surface area (Å²) < 4.78 is 26.9. The van der Waals surface area contributed by atoms with Gasteiger partial charge in [-0.15, -0.1) is 6.42 Å². The Balaban J connectivity index is 3.11. The van der Waals surface area contributed by atoms with Crippen molar-refractivity contribution < 1.29 is 13.3 Å². The number of nitro groups is 1. The van der Waals surface area contributed by atoms with Gasteiger partial charge in [0, 0.05) is 12.1 Å². The molecular formula is C13H16N2O4S. The van der Waals surface area contributed by atoms with Gasteiger partial charge < -0.3 is 0 Å². The molecule has 0 fully saturated rings. The Morgan fingerprint density at radius 2 is 1.80 bits per heavy atom. The van der Waals surface area contributed by atoms with Crippen molar-refractivity contribution in [3.63, 3.8) is 0 Å². The van der Waals surface area contributed by atoms with Gasteiger partial charge >= 0.3 is 0 Å². The summed E-state index contributed by atoms with van der Waals surface area (Å²) in [6.07, 6.45) is 6.31. The molecule has 1 rings (SSSR count). The van der Waals surface area contributed by atoms with Crippen molar-refractivity contribution in [1.29, 1.82) is 0 Å².